The van der Waals surface area contributed by atoms with Crippen LogP contribution in [-0.4, -0.2) is 43.8 Å². The van der Waals surface area contributed by atoms with Crippen LogP contribution in [0.2, 0.25) is 0 Å². The number of benzene rings is 1. The molecule has 128 valence electrons. The van der Waals surface area contributed by atoms with Crippen LogP contribution in [0.1, 0.15) is 13.3 Å². The van der Waals surface area contributed by atoms with E-state index in [1.165, 1.54) is 0 Å². The van der Waals surface area contributed by atoms with E-state index in [0.717, 1.165) is 4.90 Å². The third kappa shape index (κ3) is 3.11. The standard InChI is InChI=1S/C15H17N3O6/c1-2-22-15(21)17-16-10-8-13(19)18(14(10)20)9-3-4-11-12(7-9)24-6-5-23-11/h3-4,7,10,16H,2,5-6,8H2,1H3,(H,17,21)/t10-/m1/s1. The summed E-state index contributed by atoms with van der Waals surface area (Å²) in [4.78, 5) is 36.9. The van der Waals surface area contributed by atoms with E-state index in [4.69, 9.17) is 9.47 Å². The van der Waals surface area contributed by atoms with E-state index in [9.17, 15) is 14.4 Å². The molecule has 0 aromatic heterocycles. The minimum absolute atomic E-state index is 0.0698. The highest BCUT2D eigenvalue weighted by Gasteiger charge is 2.40. The van der Waals surface area contributed by atoms with E-state index in [0.29, 0.717) is 30.4 Å². The first kappa shape index (κ1) is 16.1. The summed E-state index contributed by atoms with van der Waals surface area (Å²) in [5.41, 5.74) is 5.16. The van der Waals surface area contributed by atoms with Crippen molar-refractivity contribution in [2.45, 2.75) is 19.4 Å². The predicted octanol–water partition coefficient (Wildman–Crippen LogP) is 0.340. The molecule has 2 N–H and O–H groups in total. The molecular formula is C15H17N3O6. The maximum atomic E-state index is 12.4. The maximum Gasteiger partial charge on any atom is 0.421 e. The zero-order valence-electron chi connectivity index (χ0n) is 13.0. The lowest BCUT2D eigenvalue weighted by Crippen LogP contribution is -2.48. The predicted molar refractivity (Wildman–Crippen MR) is 81.6 cm³/mol. The molecule has 0 bridgehead atoms. The van der Waals surface area contributed by atoms with Crippen molar-refractivity contribution < 1.29 is 28.6 Å². The molecular weight excluding hydrogens is 318 g/mol. The fourth-order valence-corrected chi connectivity index (χ4v) is 2.50. The van der Waals surface area contributed by atoms with Gasteiger partial charge in [0.2, 0.25) is 5.91 Å². The second-order valence-electron chi connectivity index (χ2n) is 5.14. The van der Waals surface area contributed by atoms with Gasteiger partial charge in [-0.2, -0.15) is 0 Å². The van der Waals surface area contributed by atoms with Crippen LogP contribution in [0.3, 0.4) is 0 Å². The summed E-state index contributed by atoms with van der Waals surface area (Å²) < 4.78 is 15.6. The van der Waals surface area contributed by atoms with Crippen LogP contribution in [0.15, 0.2) is 18.2 Å². The smallest absolute Gasteiger partial charge is 0.421 e. The zero-order valence-corrected chi connectivity index (χ0v) is 13.0. The number of carbonyl (C=O) groups is 3. The Morgan fingerprint density at radius 1 is 1.29 bits per heavy atom. The first-order valence-corrected chi connectivity index (χ1v) is 7.55. The quantitative estimate of drug-likeness (QED) is 0.604. The Labute approximate surface area is 137 Å². The molecule has 2 aliphatic heterocycles. The number of hydrogen-bond donors (Lipinski definition) is 2. The SMILES string of the molecule is CCOC(=O)NN[C@@H]1CC(=O)N(c2ccc3c(c2)OCCO3)C1=O. The lowest BCUT2D eigenvalue weighted by atomic mass is 10.2. The molecule has 1 saturated heterocycles. The first-order valence-electron chi connectivity index (χ1n) is 7.55. The van der Waals surface area contributed by atoms with E-state index in [1.807, 2.05) is 0 Å². The summed E-state index contributed by atoms with van der Waals surface area (Å²) in [5.74, 6) is 0.219. The molecule has 0 radical (unpaired) electrons. The van der Waals surface area contributed by atoms with Crippen molar-refractivity contribution in [1.29, 1.82) is 0 Å². The number of rotatable bonds is 4. The number of nitrogens with one attached hydrogen (secondary N) is 2. The Morgan fingerprint density at radius 3 is 2.79 bits per heavy atom. The summed E-state index contributed by atoms with van der Waals surface area (Å²) in [6.07, 6.45) is -0.782. The molecule has 1 aromatic rings. The van der Waals surface area contributed by atoms with Crippen molar-refractivity contribution >= 4 is 23.6 Å². The highest BCUT2D eigenvalue weighted by Crippen LogP contribution is 2.35. The number of imide groups is 1. The van der Waals surface area contributed by atoms with Crippen LogP contribution in [0.4, 0.5) is 10.5 Å². The van der Waals surface area contributed by atoms with Gasteiger partial charge < -0.3 is 14.2 Å². The summed E-state index contributed by atoms with van der Waals surface area (Å²) in [6, 6.07) is 4.01. The van der Waals surface area contributed by atoms with E-state index in [1.54, 1.807) is 25.1 Å². The fraction of sp³-hybridized carbons (Fsp3) is 0.400. The molecule has 0 saturated carbocycles. The summed E-state index contributed by atoms with van der Waals surface area (Å²) in [7, 11) is 0. The molecule has 9 nitrogen and oxygen atoms in total. The molecule has 0 aliphatic carbocycles. The highest BCUT2D eigenvalue weighted by molar-refractivity contribution is 6.22. The monoisotopic (exact) mass is 335 g/mol. The van der Waals surface area contributed by atoms with Gasteiger partial charge in [-0.25, -0.2) is 15.1 Å². The Balaban J connectivity index is 1.71. The van der Waals surface area contributed by atoms with Crippen molar-refractivity contribution in [3.63, 3.8) is 0 Å². The number of carbonyl (C=O) groups excluding carboxylic acids is 3. The van der Waals surface area contributed by atoms with E-state index in [-0.39, 0.29) is 18.9 Å². The molecule has 9 heteroatoms. The molecule has 3 amide bonds. The minimum Gasteiger partial charge on any atom is -0.486 e. The lowest BCUT2D eigenvalue weighted by Gasteiger charge is -2.21. The van der Waals surface area contributed by atoms with Crippen LogP contribution in [-0.2, 0) is 14.3 Å². The number of nitrogens with zero attached hydrogens (tertiary/aromatic N) is 1. The van der Waals surface area contributed by atoms with E-state index < -0.39 is 18.0 Å². The summed E-state index contributed by atoms with van der Waals surface area (Å²) in [6.45, 7) is 2.73. The van der Waals surface area contributed by atoms with Gasteiger partial charge in [-0.1, -0.05) is 0 Å². The number of ether oxygens (including phenoxy) is 3. The number of anilines is 1. The van der Waals surface area contributed by atoms with Crippen LogP contribution in [0.25, 0.3) is 0 Å². The average Bonchev–Trinajstić information content (AvgIpc) is 2.86. The van der Waals surface area contributed by atoms with E-state index >= 15 is 0 Å². The molecule has 3 rings (SSSR count). The molecule has 0 spiro atoms. The Hall–Kier alpha value is -2.81. The molecule has 2 heterocycles. The summed E-state index contributed by atoms with van der Waals surface area (Å²) >= 11 is 0. The maximum absolute atomic E-state index is 12.4. The zero-order chi connectivity index (χ0) is 17.1. The Kier molecular flexibility index (Phi) is 4.52. The second-order valence-corrected chi connectivity index (χ2v) is 5.14. The van der Waals surface area contributed by atoms with Gasteiger partial charge in [0.25, 0.3) is 5.91 Å². The van der Waals surface area contributed by atoms with E-state index in [2.05, 4.69) is 15.6 Å². The summed E-state index contributed by atoms with van der Waals surface area (Å²) in [5, 5.41) is 0. The average molecular weight is 335 g/mol. The lowest BCUT2D eigenvalue weighted by molar-refractivity contribution is -0.121. The van der Waals surface area contributed by atoms with Gasteiger partial charge in [-0.15, -0.1) is 0 Å². The van der Waals surface area contributed by atoms with Gasteiger partial charge in [-0.3, -0.25) is 15.0 Å². The molecule has 1 aromatic carbocycles. The topological polar surface area (TPSA) is 106 Å². The van der Waals surface area contributed by atoms with Crippen molar-refractivity contribution in [3.8, 4) is 11.5 Å². The van der Waals surface area contributed by atoms with Crippen molar-refractivity contribution in [3.05, 3.63) is 18.2 Å². The van der Waals surface area contributed by atoms with Crippen LogP contribution in [0, 0.1) is 0 Å². The molecule has 1 atom stereocenters. The van der Waals surface area contributed by atoms with Gasteiger partial charge >= 0.3 is 6.09 Å². The third-order valence-electron chi connectivity index (χ3n) is 3.55. The fourth-order valence-electron chi connectivity index (χ4n) is 2.50. The number of hydrazine groups is 1. The molecule has 0 unspecified atom stereocenters. The van der Waals surface area contributed by atoms with Crippen LogP contribution in [0.5, 0.6) is 11.5 Å². The molecule has 24 heavy (non-hydrogen) atoms. The second kappa shape index (κ2) is 6.75. The Morgan fingerprint density at radius 2 is 2.04 bits per heavy atom. The van der Waals surface area contributed by atoms with Crippen molar-refractivity contribution in [2.75, 3.05) is 24.7 Å². The number of amides is 3. The van der Waals surface area contributed by atoms with Gasteiger partial charge in [0.1, 0.15) is 19.3 Å². The molecule has 1 fully saturated rings. The number of hydrogen-bond acceptors (Lipinski definition) is 7. The van der Waals surface area contributed by atoms with Gasteiger partial charge in [-0.05, 0) is 19.1 Å². The van der Waals surface area contributed by atoms with Crippen LogP contribution >= 0.6 is 0 Å². The third-order valence-corrected chi connectivity index (χ3v) is 3.55. The normalized spacial score (nSPS) is 19.4. The van der Waals surface area contributed by atoms with Crippen LogP contribution < -0.4 is 25.2 Å². The van der Waals surface area contributed by atoms with Gasteiger partial charge in [0, 0.05) is 6.07 Å². The van der Waals surface area contributed by atoms with Gasteiger partial charge in [0.15, 0.2) is 11.5 Å². The Bertz CT molecular complexity index is 677. The van der Waals surface area contributed by atoms with Crippen molar-refractivity contribution in [1.82, 2.24) is 10.9 Å². The number of fused-ring (bicyclic) bond motifs is 1. The largest absolute Gasteiger partial charge is 0.486 e. The minimum atomic E-state index is -0.852. The highest BCUT2D eigenvalue weighted by atomic mass is 16.6. The molecule has 2 aliphatic rings. The van der Waals surface area contributed by atoms with Crippen molar-refractivity contribution in [2.24, 2.45) is 0 Å². The first-order chi connectivity index (χ1) is 11.6. The van der Waals surface area contributed by atoms with Gasteiger partial charge in [0.05, 0.1) is 18.7 Å².